The third-order valence-electron chi connectivity index (χ3n) is 1.91. The first-order valence-corrected chi connectivity index (χ1v) is 5.17. The summed E-state index contributed by atoms with van der Waals surface area (Å²) in [7, 11) is 1.68. The van der Waals surface area contributed by atoms with Gasteiger partial charge in [-0.1, -0.05) is 15.9 Å². The van der Waals surface area contributed by atoms with Crippen LogP contribution in [0.5, 0.6) is 0 Å². The van der Waals surface area contributed by atoms with Crippen LogP contribution in [-0.2, 0) is 4.74 Å². The number of rotatable bonds is 2. The Labute approximate surface area is 94.5 Å². The van der Waals surface area contributed by atoms with Crippen LogP contribution in [-0.4, -0.2) is 31.3 Å². The van der Waals surface area contributed by atoms with Gasteiger partial charge in [0.15, 0.2) is 5.88 Å². The first-order valence-electron chi connectivity index (χ1n) is 4.37. The number of hydrogen-bond donors (Lipinski definition) is 0. The van der Waals surface area contributed by atoms with Crippen LogP contribution in [0.3, 0.4) is 0 Å². The van der Waals surface area contributed by atoms with Crippen molar-refractivity contribution < 1.29 is 17.9 Å². The molecular weight excluding hydrogens is 275 g/mol. The van der Waals surface area contributed by atoms with Gasteiger partial charge in [0.1, 0.15) is 0 Å². The number of alkyl halides is 3. The van der Waals surface area contributed by atoms with Gasteiger partial charge in [-0.2, -0.15) is 13.2 Å². The minimum atomic E-state index is -4.34. The summed E-state index contributed by atoms with van der Waals surface area (Å²) in [6, 6.07) is 0. The van der Waals surface area contributed by atoms with E-state index in [9.17, 15) is 13.2 Å². The predicted octanol–water partition coefficient (Wildman–Crippen LogP) is 3.02. The molecule has 0 saturated carbocycles. The van der Waals surface area contributed by atoms with Crippen LogP contribution in [0.1, 0.15) is 6.92 Å². The highest BCUT2D eigenvalue weighted by atomic mass is 79.9. The monoisotopic (exact) mass is 285 g/mol. The fraction of sp³-hybridized carbons (Fsp3) is 0.556. The van der Waals surface area contributed by atoms with Crippen molar-refractivity contribution in [3.8, 4) is 0 Å². The molecule has 0 aliphatic carbocycles. The average molecular weight is 286 g/mol. The van der Waals surface area contributed by atoms with E-state index in [-0.39, 0.29) is 16.9 Å². The van der Waals surface area contributed by atoms with Gasteiger partial charge < -0.3 is 9.64 Å². The Morgan fingerprint density at radius 1 is 1.53 bits per heavy atom. The number of likely N-dealkylation sites (N-methyl/N-ethyl adjacent to an activating group) is 1. The van der Waals surface area contributed by atoms with Crippen molar-refractivity contribution in [1.82, 2.24) is 4.90 Å². The average Bonchev–Trinajstić information content (AvgIpc) is 2.07. The normalized spacial score (nSPS) is 18.0. The number of allylic oxidation sites excluding steroid dienone is 2. The molecule has 0 aromatic heterocycles. The molecule has 0 atom stereocenters. The Balaban J connectivity index is 3.01. The number of halogens is 4. The van der Waals surface area contributed by atoms with Crippen LogP contribution in [0.2, 0.25) is 0 Å². The fourth-order valence-corrected chi connectivity index (χ4v) is 1.93. The molecular formula is C9H11BrF3NO. The molecule has 15 heavy (non-hydrogen) atoms. The van der Waals surface area contributed by atoms with E-state index in [1.165, 1.54) is 0 Å². The molecule has 1 rings (SSSR count). The second-order valence-electron chi connectivity index (χ2n) is 3.09. The maximum Gasteiger partial charge on any atom is 0.417 e. The van der Waals surface area contributed by atoms with Crippen LogP contribution in [0.15, 0.2) is 22.0 Å². The first kappa shape index (κ1) is 12.4. The molecule has 0 unspecified atom stereocenters. The molecule has 1 heterocycles. The molecule has 0 N–H and O–H groups in total. The van der Waals surface area contributed by atoms with Crippen molar-refractivity contribution in [2.45, 2.75) is 13.1 Å². The van der Waals surface area contributed by atoms with Gasteiger partial charge in [-0.3, -0.25) is 0 Å². The summed E-state index contributed by atoms with van der Waals surface area (Å²) in [6.07, 6.45) is -3.33. The highest BCUT2D eigenvalue weighted by Crippen LogP contribution is 2.35. The van der Waals surface area contributed by atoms with E-state index in [1.54, 1.807) is 18.9 Å². The lowest BCUT2D eigenvalue weighted by Gasteiger charge is -2.27. The molecule has 0 amide bonds. The standard InChI is InChI=1S/C9H11BrF3NO/c1-3-15-8-4-6(9(11,12)13)7(10)5-14(8)2/h4H,3,5H2,1-2H3. The molecule has 0 radical (unpaired) electrons. The van der Waals surface area contributed by atoms with Gasteiger partial charge in [0.2, 0.25) is 0 Å². The fourth-order valence-electron chi connectivity index (χ4n) is 1.22. The van der Waals surface area contributed by atoms with Crippen LogP contribution >= 0.6 is 15.9 Å². The Kier molecular flexibility index (Phi) is 3.70. The molecule has 0 aromatic rings. The van der Waals surface area contributed by atoms with Gasteiger partial charge in [-0.25, -0.2) is 0 Å². The maximum atomic E-state index is 12.5. The van der Waals surface area contributed by atoms with Crippen molar-refractivity contribution in [1.29, 1.82) is 0 Å². The minimum absolute atomic E-state index is 0.126. The van der Waals surface area contributed by atoms with Crippen LogP contribution < -0.4 is 0 Å². The van der Waals surface area contributed by atoms with Gasteiger partial charge in [0.25, 0.3) is 0 Å². The molecule has 2 nitrogen and oxygen atoms in total. The lowest BCUT2D eigenvalue weighted by molar-refractivity contribution is -0.0899. The summed E-state index contributed by atoms with van der Waals surface area (Å²) in [6.45, 7) is 2.24. The maximum absolute atomic E-state index is 12.5. The van der Waals surface area contributed by atoms with Gasteiger partial charge >= 0.3 is 6.18 Å². The van der Waals surface area contributed by atoms with E-state index in [4.69, 9.17) is 4.74 Å². The van der Waals surface area contributed by atoms with Gasteiger partial charge in [0.05, 0.1) is 18.7 Å². The third-order valence-corrected chi connectivity index (χ3v) is 2.59. The van der Waals surface area contributed by atoms with E-state index in [2.05, 4.69) is 15.9 Å². The topological polar surface area (TPSA) is 12.5 Å². The SMILES string of the molecule is CCOC1=CC(C(F)(F)F)=C(Br)CN1C. The molecule has 0 spiro atoms. The Bertz CT molecular complexity index is 309. The van der Waals surface area contributed by atoms with Crippen LogP contribution in [0.25, 0.3) is 0 Å². The summed E-state index contributed by atoms with van der Waals surface area (Å²) in [4.78, 5) is 1.61. The second kappa shape index (κ2) is 4.47. The van der Waals surface area contributed by atoms with E-state index in [0.717, 1.165) is 6.08 Å². The van der Waals surface area contributed by atoms with E-state index >= 15 is 0 Å². The van der Waals surface area contributed by atoms with E-state index in [1.807, 2.05) is 0 Å². The smallest absolute Gasteiger partial charge is 0.417 e. The summed E-state index contributed by atoms with van der Waals surface area (Å²) < 4.78 is 42.8. The van der Waals surface area contributed by atoms with Crippen molar-refractivity contribution in [3.63, 3.8) is 0 Å². The molecule has 86 valence electrons. The summed E-state index contributed by atoms with van der Waals surface area (Å²) in [5.74, 6) is 0.244. The molecule has 1 aliphatic rings. The summed E-state index contributed by atoms with van der Waals surface area (Å²) >= 11 is 2.93. The lowest BCUT2D eigenvalue weighted by Crippen LogP contribution is -2.28. The van der Waals surface area contributed by atoms with E-state index in [0.29, 0.717) is 6.61 Å². The van der Waals surface area contributed by atoms with Gasteiger partial charge in [0, 0.05) is 17.6 Å². The van der Waals surface area contributed by atoms with Crippen molar-refractivity contribution in [3.05, 3.63) is 22.0 Å². The minimum Gasteiger partial charge on any atom is -0.479 e. The van der Waals surface area contributed by atoms with E-state index < -0.39 is 11.7 Å². The number of ether oxygens (including phenoxy) is 1. The molecule has 0 fully saturated rings. The van der Waals surface area contributed by atoms with Crippen molar-refractivity contribution in [2.75, 3.05) is 20.2 Å². The Morgan fingerprint density at radius 2 is 2.13 bits per heavy atom. The van der Waals surface area contributed by atoms with Gasteiger partial charge in [-0.05, 0) is 6.92 Å². The number of nitrogens with zero attached hydrogens (tertiary/aromatic N) is 1. The molecule has 6 heteroatoms. The zero-order chi connectivity index (χ0) is 11.6. The quantitative estimate of drug-likeness (QED) is 0.773. The zero-order valence-electron chi connectivity index (χ0n) is 8.36. The number of hydrogen-bond acceptors (Lipinski definition) is 2. The molecule has 0 bridgehead atoms. The first-order chi connectivity index (χ1) is 6.86. The predicted molar refractivity (Wildman–Crippen MR) is 54.3 cm³/mol. The zero-order valence-corrected chi connectivity index (χ0v) is 9.94. The third kappa shape index (κ3) is 2.90. The highest BCUT2D eigenvalue weighted by Gasteiger charge is 2.37. The molecule has 1 aliphatic heterocycles. The van der Waals surface area contributed by atoms with Crippen molar-refractivity contribution in [2.24, 2.45) is 0 Å². The largest absolute Gasteiger partial charge is 0.479 e. The molecule has 0 saturated heterocycles. The highest BCUT2D eigenvalue weighted by molar-refractivity contribution is 9.11. The summed E-state index contributed by atoms with van der Waals surface area (Å²) in [5.41, 5.74) is -0.677. The van der Waals surface area contributed by atoms with Crippen LogP contribution in [0, 0.1) is 0 Å². The summed E-state index contributed by atoms with van der Waals surface area (Å²) in [5, 5.41) is 0. The lowest BCUT2D eigenvalue weighted by atomic mass is 10.2. The molecule has 0 aromatic carbocycles. The van der Waals surface area contributed by atoms with Gasteiger partial charge in [-0.15, -0.1) is 0 Å². The second-order valence-corrected chi connectivity index (χ2v) is 4.05. The Morgan fingerprint density at radius 3 is 2.60 bits per heavy atom. The van der Waals surface area contributed by atoms with Crippen LogP contribution in [0.4, 0.5) is 13.2 Å². The Hall–Kier alpha value is -0.650. The van der Waals surface area contributed by atoms with Crippen molar-refractivity contribution >= 4 is 15.9 Å².